The van der Waals surface area contributed by atoms with Crippen molar-refractivity contribution in [1.29, 1.82) is 0 Å². The fourth-order valence-electron chi connectivity index (χ4n) is 3.23. The lowest BCUT2D eigenvalue weighted by Crippen LogP contribution is -2.50. The minimum atomic E-state index is -1.35. The molecule has 1 unspecified atom stereocenters. The van der Waals surface area contributed by atoms with Gasteiger partial charge in [-0.25, -0.2) is 4.79 Å². The number of aliphatic hydroxyl groups is 3. The van der Waals surface area contributed by atoms with Crippen LogP contribution in [0.1, 0.15) is 24.5 Å². The second-order valence-electron chi connectivity index (χ2n) is 8.18. The van der Waals surface area contributed by atoms with Crippen molar-refractivity contribution in [1.82, 2.24) is 0 Å². The molecule has 0 heterocycles. The monoisotopic (exact) mass is 501 g/mol. The molecule has 3 aromatic carbocycles. The lowest BCUT2D eigenvalue weighted by atomic mass is 9.91. The van der Waals surface area contributed by atoms with Crippen LogP contribution in [0.25, 0.3) is 11.1 Å². The molecule has 8 heteroatoms. The zero-order chi connectivity index (χ0) is 25.9. The van der Waals surface area contributed by atoms with Gasteiger partial charge in [-0.2, -0.15) is 0 Å². The predicted molar refractivity (Wildman–Crippen MR) is 136 cm³/mol. The second kappa shape index (κ2) is 13.3. The average molecular weight is 502 g/mol. The largest absolute Gasteiger partial charge is 0.479 e. The molecule has 0 aliphatic heterocycles. The van der Waals surface area contributed by atoms with Gasteiger partial charge in [-0.15, -0.1) is 0 Å². The van der Waals surface area contributed by atoms with E-state index in [1.807, 2.05) is 73.7 Å². The summed E-state index contributed by atoms with van der Waals surface area (Å²) in [6.45, 7) is 0.834. The standard InChI is InChI=1S/C23H21ClO3.C4H11NO3/c1-2-23(22(25)26,20-6-4-3-5-7-20)27-16-17-8-10-18(11-9-17)19-12-14-21(24)15-13-19;5-4(1-6,2-7)3-8/h3-15H,2,16H2,1H3,(H,25,26);6-8H,1-3,5H2. The molecule has 0 fully saturated rings. The van der Waals surface area contributed by atoms with E-state index in [2.05, 4.69) is 0 Å². The predicted octanol–water partition coefficient (Wildman–Crippen LogP) is 3.57. The first-order valence-electron chi connectivity index (χ1n) is 11.1. The summed E-state index contributed by atoms with van der Waals surface area (Å²) >= 11 is 5.93. The Morgan fingerprint density at radius 3 is 1.74 bits per heavy atom. The van der Waals surface area contributed by atoms with Crippen LogP contribution < -0.4 is 5.73 Å². The molecule has 0 aliphatic carbocycles. The molecule has 35 heavy (non-hydrogen) atoms. The van der Waals surface area contributed by atoms with Crippen LogP contribution in [0, 0.1) is 0 Å². The maximum atomic E-state index is 12.0. The summed E-state index contributed by atoms with van der Waals surface area (Å²) in [5.74, 6) is -0.978. The number of aliphatic hydroxyl groups excluding tert-OH is 3. The van der Waals surface area contributed by atoms with Crippen LogP contribution in [-0.2, 0) is 21.7 Å². The summed E-state index contributed by atoms with van der Waals surface area (Å²) in [5.41, 5.74) is 6.30. The number of hydrogen-bond acceptors (Lipinski definition) is 6. The van der Waals surface area contributed by atoms with Gasteiger partial charge in [-0.3, -0.25) is 0 Å². The molecule has 0 aromatic heterocycles. The van der Waals surface area contributed by atoms with E-state index in [1.54, 1.807) is 12.1 Å². The number of hydrogen-bond donors (Lipinski definition) is 5. The Kier molecular flexibility index (Phi) is 10.9. The molecule has 0 saturated heterocycles. The number of carbonyl (C=O) groups is 1. The third kappa shape index (κ3) is 7.60. The first kappa shape index (κ1) is 28.5. The van der Waals surface area contributed by atoms with Crippen molar-refractivity contribution in [2.24, 2.45) is 5.73 Å². The van der Waals surface area contributed by atoms with Gasteiger partial charge in [0.15, 0.2) is 5.60 Å². The molecule has 0 spiro atoms. The maximum absolute atomic E-state index is 12.0. The molecule has 7 nitrogen and oxygen atoms in total. The molecule has 0 aliphatic rings. The first-order valence-corrected chi connectivity index (χ1v) is 11.5. The Labute approximate surface area is 210 Å². The summed E-state index contributed by atoms with van der Waals surface area (Å²) in [4.78, 5) is 12.0. The van der Waals surface area contributed by atoms with E-state index < -0.39 is 36.9 Å². The number of benzene rings is 3. The lowest BCUT2D eigenvalue weighted by molar-refractivity contribution is -0.170. The zero-order valence-electron chi connectivity index (χ0n) is 19.6. The molecular formula is C27H32ClNO6. The van der Waals surface area contributed by atoms with E-state index in [9.17, 15) is 9.90 Å². The minimum absolute atomic E-state index is 0.218. The third-order valence-corrected chi connectivity index (χ3v) is 5.90. The van der Waals surface area contributed by atoms with Crippen LogP contribution in [0.2, 0.25) is 5.02 Å². The highest BCUT2D eigenvalue weighted by Crippen LogP contribution is 2.31. The van der Waals surface area contributed by atoms with E-state index >= 15 is 0 Å². The van der Waals surface area contributed by atoms with Gasteiger partial charge in [-0.05, 0) is 40.8 Å². The Morgan fingerprint density at radius 1 is 0.857 bits per heavy atom. The molecule has 0 bridgehead atoms. The van der Waals surface area contributed by atoms with Crippen molar-refractivity contribution >= 4 is 17.6 Å². The highest BCUT2D eigenvalue weighted by atomic mass is 35.5. The van der Waals surface area contributed by atoms with Crippen LogP contribution in [-0.4, -0.2) is 51.8 Å². The smallest absolute Gasteiger partial charge is 0.340 e. The normalized spacial score (nSPS) is 12.9. The van der Waals surface area contributed by atoms with Crippen molar-refractivity contribution in [2.45, 2.75) is 31.1 Å². The summed E-state index contributed by atoms with van der Waals surface area (Å²) < 4.78 is 5.96. The van der Waals surface area contributed by atoms with Gasteiger partial charge in [0.1, 0.15) is 0 Å². The van der Waals surface area contributed by atoms with E-state index in [-0.39, 0.29) is 6.61 Å². The SMILES string of the molecule is CCC(OCc1ccc(-c2ccc(Cl)cc2)cc1)(C(=O)O)c1ccccc1.NC(CO)(CO)CO. The van der Waals surface area contributed by atoms with Crippen LogP contribution in [0.4, 0.5) is 0 Å². The van der Waals surface area contributed by atoms with Crippen LogP contribution in [0.5, 0.6) is 0 Å². The van der Waals surface area contributed by atoms with Gasteiger partial charge in [0, 0.05) is 5.02 Å². The van der Waals surface area contributed by atoms with Crippen LogP contribution in [0.3, 0.4) is 0 Å². The Morgan fingerprint density at radius 2 is 1.34 bits per heavy atom. The quantitative estimate of drug-likeness (QED) is 0.287. The molecule has 3 aromatic rings. The van der Waals surface area contributed by atoms with E-state index in [0.717, 1.165) is 16.7 Å². The van der Waals surface area contributed by atoms with Gasteiger partial charge in [-0.1, -0.05) is 85.3 Å². The Balaban J connectivity index is 0.000000466. The van der Waals surface area contributed by atoms with E-state index in [0.29, 0.717) is 17.0 Å². The number of aliphatic carboxylic acids is 1. The van der Waals surface area contributed by atoms with Gasteiger partial charge < -0.3 is 30.9 Å². The molecular weight excluding hydrogens is 470 g/mol. The number of ether oxygens (including phenoxy) is 1. The number of rotatable bonds is 10. The van der Waals surface area contributed by atoms with Gasteiger partial charge in [0.2, 0.25) is 0 Å². The van der Waals surface area contributed by atoms with E-state index in [4.69, 9.17) is 37.4 Å². The molecule has 0 saturated carbocycles. The average Bonchev–Trinajstić information content (AvgIpc) is 2.90. The van der Waals surface area contributed by atoms with Crippen molar-refractivity contribution < 1.29 is 30.0 Å². The van der Waals surface area contributed by atoms with Crippen molar-refractivity contribution in [3.05, 3.63) is 95.0 Å². The van der Waals surface area contributed by atoms with Crippen molar-refractivity contribution in [3.8, 4) is 11.1 Å². The van der Waals surface area contributed by atoms with Crippen LogP contribution in [0.15, 0.2) is 78.9 Å². The van der Waals surface area contributed by atoms with Gasteiger partial charge in [0.25, 0.3) is 0 Å². The Bertz CT molecular complexity index is 1030. The zero-order valence-corrected chi connectivity index (χ0v) is 20.4. The molecule has 1 atom stereocenters. The number of halogens is 1. The van der Waals surface area contributed by atoms with Gasteiger partial charge >= 0.3 is 5.97 Å². The van der Waals surface area contributed by atoms with E-state index in [1.165, 1.54) is 0 Å². The number of carboxylic acids is 1. The number of carboxylic acid groups (broad SMARTS) is 1. The first-order chi connectivity index (χ1) is 16.7. The highest BCUT2D eigenvalue weighted by molar-refractivity contribution is 6.30. The summed E-state index contributed by atoms with van der Waals surface area (Å²) in [6.07, 6.45) is 0.342. The molecule has 6 N–H and O–H groups in total. The molecule has 3 rings (SSSR count). The highest BCUT2D eigenvalue weighted by Gasteiger charge is 2.39. The second-order valence-corrected chi connectivity index (χ2v) is 8.62. The fraction of sp³-hybridized carbons (Fsp3) is 0.296. The maximum Gasteiger partial charge on any atom is 0.340 e. The van der Waals surface area contributed by atoms with Crippen LogP contribution >= 0.6 is 11.6 Å². The minimum Gasteiger partial charge on any atom is -0.479 e. The fourth-order valence-corrected chi connectivity index (χ4v) is 3.35. The molecule has 0 amide bonds. The topological polar surface area (TPSA) is 133 Å². The Hall–Kier alpha value is -2.78. The van der Waals surface area contributed by atoms with Crippen molar-refractivity contribution in [2.75, 3.05) is 19.8 Å². The molecule has 0 radical (unpaired) electrons. The number of nitrogens with two attached hydrogens (primary N) is 1. The third-order valence-electron chi connectivity index (χ3n) is 5.64. The summed E-state index contributed by atoms with van der Waals surface area (Å²) in [5, 5.41) is 35.6. The van der Waals surface area contributed by atoms with Crippen molar-refractivity contribution in [3.63, 3.8) is 0 Å². The molecule has 188 valence electrons. The summed E-state index contributed by atoms with van der Waals surface area (Å²) in [6, 6.07) is 24.7. The summed E-state index contributed by atoms with van der Waals surface area (Å²) in [7, 11) is 0. The van der Waals surface area contributed by atoms with Gasteiger partial charge in [0.05, 0.1) is 32.0 Å². The lowest BCUT2D eigenvalue weighted by Gasteiger charge is -2.29.